The number of esters is 1. The maximum Gasteiger partial charge on any atom is 0.329 e. The van der Waals surface area contributed by atoms with Gasteiger partial charge >= 0.3 is 5.97 Å². The molecule has 1 saturated carbocycles. The van der Waals surface area contributed by atoms with E-state index in [0.29, 0.717) is 111 Å². The zero-order chi connectivity index (χ0) is 68.2. The largest absolute Gasteiger partial charge is 0.489 e. The molecule has 0 radical (unpaired) electrons. The van der Waals surface area contributed by atoms with E-state index in [0.717, 1.165) is 31.5 Å². The van der Waals surface area contributed by atoms with E-state index in [9.17, 15) is 39.3 Å². The van der Waals surface area contributed by atoms with Gasteiger partial charge in [-0.2, -0.15) is 0 Å². The number of nitrogens with one attached hydrogen (secondary N) is 1. The number of aliphatic hydroxyl groups excluding tert-OH is 2. The molecule has 3 aromatic heterocycles. The lowest BCUT2D eigenvalue weighted by Crippen LogP contribution is -2.61. The Morgan fingerprint density at radius 3 is 2.39 bits per heavy atom. The van der Waals surface area contributed by atoms with E-state index in [2.05, 4.69) is 27.5 Å². The first-order valence-corrected chi connectivity index (χ1v) is 33.9. The molecule has 2 bridgehead atoms. The highest BCUT2D eigenvalue weighted by Gasteiger charge is 2.53. The molecule has 4 aliphatic heterocycles. The molecule has 94 heavy (non-hydrogen) atoms. The predicted molar refractivity (Wildman–Crippen MR) is 352 cm³/mol. The summed E-state index contributed by atoms with van der Waals surface area (Å²) < 4.78 is 44.5. The van der Waals surface area contributed by atoms with Crippen LogP contribution in [0.5, 0.6) is 5.75 Å². The molecule has 5 aliphatic rings. The number of aryl methyl sites for hydroxylation is 1. The molecule has 8 rings (SSSR count). The fourth-order valence-corrected chi connectivity index (χ4v) is 14.0. The van der Waals surface area contributed by atoms with E-state index in [1.807, 2.05) is 76.5 Å². The van der Waals surface area contributed by atoms with Crippen molar-refractivity contribution in [2.24, 2.45) is 41.4 Å². The minimum Gasteiger partial charge on any atom is -0.489 e. The summed E-state index contributed by atoms with van der Waals surface area (Å²) in [5.41, 5.74) is 7.81. The average Bonchev–Trinajstić information content (AvgIpc) is 1.47. The number of aliphatic hydroxyl groups is 3. The molecule has 16 atom stereocenters. The van der Waals surface area contributed by atoms with E-state index in [1.165, 1.54) is 12.0 Å². The molecular formula is C71H102N8O15. The lowest BCUT2D eigenvalue weighted by Gasteiger charge is -2.43. The van der Waals surface area contributed by atoms with Gasteiger partial charge in [0.2, 0.25) is 5.79 Å². The highest BCUT2D eigenvalue weighted by Crippen LogP contribution is 2.40. The lowest BCUT2D eigenvalue weighted by molar-refractivity contribution is -0.266. The number of cyclic esters (lactones) is 1. The third kappa shape index (κ3) is 17.9. The average molecular weight is 1310 g/mol. The Labute approximate surface area is 553 Å². The third-order valence-corrected chi connectivity index (χ3v) is 19.8. The topological polar surface area (TPSA) is 312 Å². The molecule has 4 fully saturated rings. The van der Waals surface area contributed by atoms with Gasteiger partial charge in [0.1, 0.15) is 52.5 Å². The summed E-state index contributed by atoms with van der Waals surface area (Å²) in [5, 5.41) is 46.2. The van der Waals surface area contributed by atoms with Crippen LogP contribution < -0.4 is 15.8 Å². The van der Waals surface area contributed by atoms with Crippen LogP contribution in [-0.4, -0.2) is 175 Å². The van der Waals surface area contributed by atoms with Gasteiger partial charge in [-0.05, 0) is 163 Å². The van der Waals surface area contributed by atoms with Crippen molar-refractivity contribution in [2.45, 2.75) is 226 Å². The number of ether oxygens (including phenoxy) is 6. The first-order valence-electron chi connectivity index (χ1n) is 33.9. The Bertz CT molecular complexity index is 3320. The fraction of sp³-hybridized carbons (Fsp3) is 0.676. The molecule has 516 valence electrons. The highest BCUT2D eigenvalue weighted by atomic mass is 16.6. The number of aromatic nitrogens is 5. The Morgan fingerprint density at radius 1 is 0.915 bits per heavy atom. The van der Waals surface area contributed by atoms with Gasteiger partial charge in [0.25, 0.3) is 11.7 Å². The number of nitrogens with zero attached hydrogens (tertiary/aromatic N) is 6. The van der Waals surface area contributed by atoms with Crippen LogP contribution in [0.2, 0.25) is 0 Å². The van der Waals surface area contributed by atoms with Gasteiger partial charge in [0.05, 0.1) is 37.2 Å². The Morgan fingerprint density at radius 2 is 1.69 bits per heavy atom. The van der Waals surface area contributed by atoms with Crippen LogP contribution in [0.3, 0.4) is 0 Å². The fourth-order valence-electron chi connectivity index (χ4n) is 14.0. The number of methoxy groups -OCH3 is 2. The number of imidazole rings is 1. The molecule has 23 nitrogen and oxygen atoms in total. The molecule has 7 heterocycles. The second kappa shape index (κ2) is 33.0. The van der Waals surface area contributed by atoms with Crippen molar-refractivity contribution < 1.29 is 72.3 Å². The number of hydrogen-bond acceptors (Lipinski definition) is 21. The molecular weight excluding hydrogens is 1200 g/mol. The summed E-state index contributed by atoms with van der Waals surface area (Å²) in [5.74, 6) is -0.909. The van der Waals surface area contributed by atoms with Crippen LogP contribution in [0.25, 0.3) is 22.6 Å². The number of hydrogen-bond donors (Lipinski definition) is 5. The number of ketones is 3. The van der Waals surface area contributed by atoms with Gasteiger partial charge < -0.3 is 64.3 Å². The number of carbonyl (C=O) groups excluding carboxylic acids is 5. The van der Waals surface area contributed by atoms with Gasteiger partial charge in [-0.1, -0.05) is 77.0 Å². The van der Waals surface area contributed by atoms with E-state index in [1.54, 1.807) is 47.1 Å². The number of anilines is 1. The minimum absolute atomic E-state index is 0.0255. The van der Waals surface area contributed by atoms with Crippen LogP contribution in [0.1, 0.15) is 165 Å². The van der Waals surface area contributed by atoms with Crippen molar-refractivity contribution in [1.82, 2.24) is 35.1 Å². The summed E-state index contributed by atoms with van der Waals surface area (Å²) in [6.45, 7) is 20.9. The van der Waals surface area contributed by atoms with Crippen molar-refractivity contribution in [3.05, 3.63) is 59.5 Å². The molecule has 1 amide bonds. The van der Waals surface area contributed by atoms with Crippen LogP contribution in [0.4, 0.5) is 5.82 Å². The number of Topliss-reactive ketones (excluding diaryl/α,β-unsaturated/α-hetero) is 3. The van der Waals surface area contributed by atoms with E-state index >= 15 is 0 Å². The van der Waals surface area contributed by atoms with E-state index < -0.39 is 89.5 Å². The number of nitrogen functional groups attached to an aromatic ring is 1. The van der Waals surface area contributed by atoms with Gasteiger partial charge in [0.15, 0.2) is 28.9 Å². The summed E-state index contributed by atoms with van der Waals surface area (Å²) >= 11 is 0. The zero-order valence-electron chi connectivity index (χ0n) is 57.1. The maximum atomic E-state index is 14.9. The Hall–Kier alpha value is -6.49. The first kappa shape index (κ1) is 73.3. The predicted octanol–water partition coefficient (Wildman–Crippen LogP) is 8.16. The maximum absolute atomic E-state index is 14.9. The molecule has 6 N–H and O–H groups in total. The van der Waals surface area contributed by atoms with Crippen LogP contribution in [-0.2, 0) is 54.2 Å². The van der Waals surface area contributed by atoms with Crippen molar-refractivity contribution in [3.63, 3.8) is 0 Å². The second-order valence-corrected chi connectivity index (χ2v) is 27.6. The van der Waals surface area contributed by atoms with Crippen molar-refractivity contribution in [1.29, 1.82) is 0 Å². The number of pyridine rings is 1. The van der Waals surface area contributed by atoms with Crippen LogP contribution in [0, 0.1) is 53.3 Å². The Balaban J connectivity index is 1.12. The lowest BCUT2D eigenvalue weighted by atomic mass is 9.78. The number of nitrogens with two attached hydrogens (primary N) is 1. The van der Waals surface area contributed by atoms with Gasteiger partial charge in [0, 0.05) is 70.4 Å². The summed E-state index contributed by atoms with van der Waals surface area (Å²) in [6.07, 6.45) is 13.2. The molecule has 0 aromatic carbocycles. The number of carbonyl (C=O) groups is 5. The Kier molecular flexibility index (Phi) is 25.7. The molecule has 2 unspecified atom stereocenters. The number of amides is 1. The molecule has 0 spiro atoms. The summed E-state index contributed by atoms with van der Waals surface area (Å²) in [4.78, 5) is 83.8. The van der Waals surface area contributed by atoms with Crippen LogP contribution in [0.15, 0.2) is 58.4 Å². The number of piperidine rings is 2. The smallest absolute Gasteiger partial charge is 0.329 e. The van der Waals surface area contributed by atoms with Gasteiger partial charge in [-0.3, -0.25) is 19.2 Å². The standard InChI is InChI=1S/C71H102N8O15/c1-13-78-61-58(90-40-49-22-19-30-73-38-49)39-74-51(59(61)75-67(78)60-66(72)77-94-76-60)28-29-70(9,10)93-56-36-50-26-24-47(8)71(87,92-50)65(84)68(85)79-31-18-17-23-52(79)69(86)91-55(44(5)34-48-25-27-53(80)57(35-48)88-11)37-54(81)43(4)33-46(7)63(83)64(89-12)62(82)45(6)32-41(2)20-15-14-16-21-42(56)3/h14-16,20-21,33,39,41,43-45,47-50,52-53,55-57,63-64,73,80,83,87H,13,17-19,22-27,30-32,34-38,40H2,1-12H3,(H2,72,77)/b16-14?,20-15+,42-21?,46-33+/t41-,43-,44?,45-,47-,48-,49+,50+,52?,53-,55+,56-,57-,63-,64+,71-/m1/s1. The van der Waals surface area contributed by atoms with Crippen molar-refractivity contribution in [3.8, 4) is 29.1 Å². The van der Waals surface area contributed by atoms with E-state index in [4.69, 9.17) is 48.8 Å². The zero-order valence-corrected chi connectivity index (χ0v) is 57.1. The first-order chi connectivity index (χ1) is 44.8. The minimum atomic E-state index is -2.59. The van der Waals surface area contributed by atoms with Crippen LogP contribution >= 0.6 is 0 Å². The molecule has 23 heteroatoms. The number of allylic oxidation sites excluding steroid dienone is 6. The molecule has 1 aliphatic carbocycles. The quantitative estimate of drug-likeness (QED) is 0.0494. The summed E-state index contributed by atoms with van der Waals surface area (Å²) in [6, 6.07) is -1.22. The molecule has 3 saturated heterocycles. The number of rotatable bonds is 12. The highest BCUT2D eigenvalue weighted by molar-refractivity contribution is 6.39. The normalized spacial score (nSPS) is 32.5. The van der Waals surface area contributed by atoms with Gasteiger partial charge in [-0.25, -0.2) is 19.4 Å². The van der Waals surface area contributed by atoms with Crippen molar-refractivity contribution >= 4 is 46.1 Å². The monoisotopic (exact) mass is 1310 g/mol. The number of fused-ring (bicyclic) bond motifs is 4. The summed E-state index contributed by atoms with van der Waals surface area (Å²) in [7, 11) is 2.93. The van der Waals surface area contributed by atoms with Gasteiger partial charge in [-0.15, -0.1) is 0 Å². The van der Waals surface area contributed by atoms with E-state index in [-0.39, 0.29) is 72.7 Å². The van der Waals surface area contributed by atoms with Crippen molar-refractivity contribution in [2.75, 3.05) is 46.2 Å². The second-order valence-electron chi connectivity index (χ2n) is 27.6. The molecule has 3 aromatic rings. The third-order valence-electron chi connectivity index (χ3n) is 19.8. The SMILES string of the molecule is CCn1c(-c2nonc2N)nc2c(C#CC(C)(C)O[C@@H]3C[C@@H]4CC[C@@H](C)[C@@](O)(O4)C(=O)C(=O)N4CCCCC4C(=O)O[C@H](C(C)C[C@H]4CC[C@@H](O)[C@H](OC)C4)CC(=O)[C@H](C)/C=C(\C)[C@@H](O)[C@@H](OC)C(=O)[C@H](C)C[C@H](C)/C=C/C=CC=C3C)ncc(OC[C@H]3CCCNC3)c21.